The minimum atomic E-state index is -5.05. The molecule has 0 aromatic rings. The van der Waals surface area contributed by atoms with Crippen LogP contribution in [0.3, 0.4) is 0 Å². The number of rotatable bonds is 41. The van der Waals surface area contributed by atoms with Crippen LogP contribution in [0.25, 0.3) is 0 Å². The second-order valence-electron chi connectivity index (χ2n) is 16.4. The van der Waals surface area contributed by atoms with Gasteiger partial charge in [-0.05, 0) is 12.8 Å². The van der Waals surface area contributed by atoms with E-state index in [0.717, 1.165) is 38.5 Å². The molecule has 340 valence electrons. The quantitative estimate of drug-likeness (QED) is 0.0261. The maximum absolute atomic E-state index is 12.8. The molecule has 6 atom stereocenters. The molecule has 57 heavy (non-hydrogen) atoms. The number of carbonyl (C=O) groups is 1. The zero-order valence-corrected chi connectivity index (χ0v) is 37.0. The lowest BCUT2D eigenvalue weighted by molar-refractivity contribution is -0.301. The van der Waals surface area contributed by atoms with Gasteiger partial charge in [-0.15, -0.1) is 0 Å². The number of esters is 1. The summed E-state index contributed by atoms with van der Waals surface area (Å²) in [6, 6.07) is 0. The lowest BCUT2D eigenvalue weighted by atomic mass is 9.99. The van der Waals surface area contributed by atoms with Crippen LogP contribution in [0.1, 0.15) is 213 Å². The van der Waals surface area contributed by atoms with Crippen molar-refractivity contribution in [3.8, 4) is 0 Å². The number of carbonyl (C=O) groups excluding carboxylic acids is 1. The molecule has 1 aliphatic rings. The van der Waals surface area contributed by atoms with Crippen molar-refractivity contribution in [1.82, 2.24) is 0 Å². The molecule has 0 amide bonds. The van der Waals surface area contributed by atoms with E-state index >= 15 is 0 Å². The number of hydrogen-bond acceptors (Lipinski definition) is 11. The highest BCUT2D eigenvalue weighted by molar-refractivity contribution is 7.80. The first kappa shape index (κ1) is 54.1. The zero-order chi connectivity index (χ0) is 41.8. The molecule has 0 aliphatic carbocycles. The van der Waals surface area contributed by atoms with E-state index in [0.29, 0.717) is 13.0 Å². The van der Waals surface area contributed by atoms with Gasteiger partial charge < -0.3 is 34.3 Å². The third kappa shape index (κ3) is 30.7. The van der Waals surface area contributed by atoms with Gasteiger partial charge in [0.1, 0.15) is 30.5 Å². The van der Waals surface area contributed by atoms with Gasteiger partial charge in [-0.3, -0.25) is 9.35 Å². The second kappa shape index (κ2) is 36.9. The van der Waals surface area contributed by atoms with Crippen LogP contribution in [0.2, 0.25) is 0 Å². The second-order valence-corrected chi connectivity index (χ2v) is 17.4. The summed E-state index contributed by atoms with van der Waals surface area (Å²) in [7, 11) is -5.05. The summed E-state index contributed by atoms with van der Waals surface area (Å²) >= 11 is 0. The normalized spacial score (nSPS) is 20.6. The highest BCUT2D eigenvalue weighted by Gasteiger charge is 2.48. The van der Waals surface area contributed by atoms with Crippen LogP contribution in [0, 0.1) is 0 Å². The molecular weight excluding hydrogens is 753 g/mol. The monoisotopic (exact) mass is 839 g/mol. The van der Waals surface area contributed by atoms with Gasteiger partial charge in [0.25, 0.3) is 0 Å². The summed E-state index contributed by atoms with van der Waals surface area (Å²) in [6.45, 7) is 4.00. The largest absolute Gasteiger partial charge is 0.457 e. The number of hydrogen-bond donors (Lipinski definition) is 4. The fourth-order valence-electron chi connectivity index (χ4n) is 7.44. The fraction of sp³-hybridized carbons (Fsp3) is 0.977. The standard InChI is InChI=1S/C44H86O12S/c1-3-5-7-9-11-13-14-15-16-17-18-19-20-21-22-23-24-26-28-30-32-34-52-36-38(54-40(46)33-31-29-27-25-12-10-8-6-4-2)37-53-44-42(48)43(56-57(49,50)51)41(47)39(35-45)55-44/h38-39,41-45,47-48H,3-37H2,1-2H3,(H,49,50,51). The van der Waals surface area contributed by atoms with E-state index in [-0.39, 0.29) is 19.6 Å². The average Bonchev–Trinajstić information content (AvgIpc) is 3.18. The van der Waals surface area contributed by atoms with E-state index in [1.54, 1.807) is 0 Å². The Morgan fingerprint density at radius 3 is 1.40 bits per heavy atom. The summed E-state index contributed by atoms with van der Waals surface area (Å²) in [5.41, 5.74) is 0. The van der Waals surface area contributed by atoms with Crippen LogP contribution in [0.15, 0.2) is 0 Å². The first-order valence-electron chi connectivity index (χ1n) is 23.3. The number of aliphatic hydroxyl groups excluding tert-OH is 3. The minimum Gasteiger partial charge on any atom is -0.457 e. The first-order chi connectivity index (χ1) is 27.6. The van der Waals surface area contributed by atoms with Gasteiger partial charge in [-0.1, -0.05) is 194 Å². The van der Waals surface area contributed by atoms with Crippen molar-refractivity contribution in [2.45, 2.75) is 250 Å². The van der Waals surface area contributed by atoms with Crippen LogP contribution in [-0.2, 0) is 38.3 Å². The van der Waals surface area contributed by atoms with Gasteiger partial charge >= 0.3 is 16.4 Å². The maximum atomic E-state index is 12.8. The predicted octanol–water partition coefficient (Wildman–Crippen LogP) is 9.69. The minimum absolute atomic E-state index is 0.0442. The lowest BCUT2D eigenvalue weighted by Gasteiger charge is -2.41. The molecule has 1 heterocycles. The maximum Gasteiger partial charge on any atom is 0.397 e. The molecule has 0 aromatic heterocycles. The Kier molecular flexibility index (Phi) is 35.0. The Morgan fingerprint density at radius 1 is 0.596 bits per heavy atom. The van der Waals surface area contributed by atoms with Crippen LogP contribution in [0.5, 0.6) is 0 Å². The molecule has 12 nitrogen and oxygen atoms in total. The van der Waals surface area contributed by atoms with Crippen molar-refractivity contribution in [3.63, 3.8) is 0 Å². The Bertz CT molecular complexity index is 1020. The van der Waals surface area contributed by atoms with E-state index in [1.807, 2.05) is 0 Å². The Labute approximate surface area is 347 Å². The average molecular weight is 839 g/mol. The topological polar surface area (TPSA) is 178 Å². The van der Waals surface area contributed by atoms with Crippen LogP contribution in [-0.4, -0.2) is 97.5 Å². The Balaban J connectivity index is 2.31. The summed E-state index contributed by atoms with van der Waals surface area (Å²) in [6.07, 6.45) is 28.7. The molecule has 0 aromatic carbocycles. The molecule has 0 bridgehead atoms. The molecule has 0 radical (unpaired) electrons. The highest BCUT2D eigenvalue weighted by Crippen LogP contribution is 2.26. The van der Waals surface area contributed by atoms with Crippen LogP contribution >= 0.6 is 0 Å². The van der Waals surface area contributed by atoms with Gasteiger partial charge in [0.15, 0.2) is 6.29 Å². The van der Waals surface area contributed by atoms with Crippen LogP contribution in [0.4, 0.5) is 0 Å². The fourth-order valence-corrected chi connectivity index (χ4v) is 7.95. The molecule has 1 aliphatic heterocycles. The summed E-state index contributed by atoms with van der Waals surface area (Å²) in [4.78, 5) is 12.8. The van der Waals surface area contributed by atoms with E-state index in [9.17, 15) is 28.5 Å². The number of aliphatic hydroxyl groups is 3. The number of unbranched alkanes of at least 4 members (excludes halogenated alkanes) is 28. The molecule has 0 spiro atoms. The molecule has 13 heteroatoms. The van der Waals surface area contributed by atoms with Crippen molar-refractivity contribution < 1.29 is 56.2 Å². The third-order valence-corrected chi connectivity index (χ3v) is 11.4. The lowest BCUT2D eigenvalue weighted by Crippen LogP contribution is -2.60. The smallest absolute Gasteiger partial charge is 0.397 e. The van der Waals surface area contributed by atoms with Crippen molar-refractivity contribution >= 4 is 16.4 Å². The van der Waals surface area contributed by atoms with Crippen LogP contribution < -0.4 is 0 Å². The number of ether oxygens (including phenoxy) is 4. The molecular formula is C44H86O12S. The summed E-state index contributed by atoms with van der Waals surface area (Å²) < 4.78 is 59.0. The molecule has 6 unspecified atom stereocenters. The van der Waals surface area contributed by atoms with Crippen molar-refractivity contribution in [2.24, 2.45) is 0 Å². The summed E-state index contributed by atoms with van der Waals surface area (Å²) in [5, 5.41) is 30.6. The van der Waals surface area contributed by atoms with Gasteiger partial charge in [-0.2, -0.15) is 8.42 Å². The Hall–Kier alpha value is -0.900. The van der Waals surface area contributed by atoms with Gasteiger partial charge in [0, 0.05) is 13.0 Å². The van der Waals surface area contributed by atoms with E-state index in [4.69, 9.17) is 23.5 Å². The van der Waals surface area contributed by atoms with Crippen molar-refractivity contribution in [3.05, 3.63) is 0 Å². The molecule has 1 saturated heterocycles. The van der Waals surface area contributed by atoms with Gasteiger partial charge in [0.2, 0.25) is 0 Å². The van der Waals surface area contributed by atoms with E-state index < -0.39 is 59.8 Å². The predicted molar refractivity (Wildman–Crippen MR) is 225 cm³/mol. The first-order valence-corrected chi connectivity index (χ1v) is 24.7. The van der Waals surface area contributed by atoms with Crippen molar-refractivity contribution in [1.29, 1.82) is 0 Å². The third-order valence-electron chi connectivity index (χ3n) is 11.0. The molecule has 0 saturated carbocycles. The van der Waals surface area contributed by atoms with Crippen molar-refractivity contribution in [2.75, 3.05) is 26.4 Å². The van der Waals surface area contributed by atoms with Gasteiger partial charge in [-0.25, -0.2) is 4.18 Å². The SMILES string of the molecule is CCCCCCCCCCCCCCCCCCCCCCCOCC(COC1OC(CO)C(O)C(OS(=O)(=O)O)C1O)OC(=O)CCCCCCCCCCC. The van der Waals surface area contributed by atoms with Gasteiger partial charge in [0.05, 0.1) is 19.8 Å². The highest BCUT2D eigenvalue weighted by atomic mass is 32.3. The summed E-state index contributed by atoms with van der Waals surface area (Å²) in [5.74, 6) is -0.398. The molecule has 1 rings (SSSR count). The Morgan fingerprint density at radius 2 is 1.00 bits per heavy atom. The molecule has 1 fully saturated rings. The van der Waals surface area contributed by atoms with E-state index in [2.05, 4.69) is 18.0 Å². The zero-order valence-electron chi connectivity index (χ0n) is 36.2. The van der Waals surface area contributed by atoms with E-state index in [1.165, 1.54) is 148 Å². The molecule has 4 N–H and O–H groups in total.